The Morgan fingerprint density at radius 3 is 1.29 bits per heavy atom. The molecule has 316 valence electrons. The van der Waals surface area contributed by atoms with Gasteiger partial charge in [-0.25, -0.2) is 0 Å². The predicted molar refractivity (Wildman–Crippen MR) is 146 cm³/mol. The van der Waals surface area contributed by atoms with Crippen molar-refractivity contribution in [2.75, 3.05) is 0 Å². The Balaban J connectivity index is 1.80. The average Bonchev–Trinajstić information content (AvgIpc) is 3.02. The average molecular weight is 855 g/mol. The van der Waals surface area contributed by atoms with Gasteiger partial charge in [0.1, 0.15) is 0 Å². The Hall–Kier alpha value is -3.24. The Kier molecular flexibility index (Phi) is 9.52. The van der Waals surface area contributed by atoms with Crippen LogP contribution in [-0.4, -0.2) is 57.9 Å². The second kappa shape index (κ2) is 12.2. The van der Waals surface area contributed by atoms with Gasteiger partial charge in [-0.15, -0.1) is 0 Å². The van der Waals surface area contributed by atoms with Gasteiger partial charge in [0, 0.05) is 34.5 Å². The molecule has 2 atom stereocenters. The third-order valence-electron chi connectivity index (χ3n) is 10.9. The normalized spacial score (nSPS) is 25.9. The molecule has 0 amide bonds. The fraction of sp³-hybridized carbons (Fsp3) is 0.688. The van der Waals surface area contributed by atoms with Crippen LogP contribution >= 0.6 is 0 Å². The quantitative estimate of drug-likeness (QED) is 0.223. The fourth-order valence-corrected chi connectivity index (χ4v) is 8.88. The van der Waals surface area contributed by atoms with Crippen molar-refractivity contribution in [2.24, 2.45) is 11.8 Å². The lowest BCUT2D eigenvalue weighted by Crippen LogP contribution is -2.66. The van der Waals surface area contributed by atoms with Gasteiger partial charge in [-0.3, -0.25) is 9.97 Å². The van der Waals surface area contributed by atoms with Gasteiger partial charge in [0.25, 0.3) is 0 Å². The van der Waals surface area contributed by atoms with Crippen molar-refractivity contribution in [3.63, 3.8) is 0 Å². The van der Waals surface area contributed by atoms with Crippen LogP contribution in [0.1, 0.15) is 72.2 Å². The van der Waals surface area contributed by atoms with E-state index in [2.05, 4.69) is 9.97 Å². The summed E-state index contributed by atoms with van der Waals surface area (Å²) in [4.78, 5) is 7.37. The first-order valence-corrected chi connectivity index (χ1v) is 15.9. The molecule has 56 heavy (non-hydrogen) atoms. The zero-order valence-corrected chi connectivity index (χ0v) is 27.9. The molecule has 0 aliphatic heterocycles. The number of pyridine rings is 2. The minimum atomic E-state index is -8.23. The SMILES string of the molecule is Cc1cnc(C23CC4CC(C2)CC(c2ncc(C(F)(F)C(F)(F)C(F)(F)C(F)(F)C(F)(F)F)cc2C(F)(F)C(F)(F)C(F)(F)C(F)(F)C(F)(F)F)(C4)C3)c(C)c1. The van der Waals surface area contributed by atoms with E-state index >= 15 is 26.3 Å². The molecule has 24 heteroatoms. The zero-order valence-electron chi connectivity index (χ0n) is 27.9. The second-order valence-electron chi connectivity index (χ2n) is 14.9. The lowest BCUT2D eigenvalue weighted by atomic mass is 9.42. The molecular weight excluding hydrogens is 830 g/mol. The van der Waals surface area contributed by atoms with E-state index in [-0.39, 0.29) is 25.0 Å². The van der Waals surface area contributed by atoms with Crippen LogP contribution in [0.4, 0.5) is 96.6 Å². The molecule has 4 aliphatic rings. The summed E-state index contributed by atoms with van der Waals surface area (Å²) in [7, 11) is 0. The number of hydrogen-bond donors (Lipinski definition) is 0. The van der Waals surface area contributed by atoms with E-state index in [0.29, 0.717) is 11.1 Å². The molecule has 4 fully saturated rings. The van der Waals surface area contributed by atoms with E-state index in [0.717, 1.165) is 0 Å². The summed E-state index contributed by atoms with van der Waals surface area (Å²) in [6.07, 6.45) is -16.0. The number of aromatic nitrogens is 2. The molecular formula is C32H24F22N2. The lowest BCUT2D eigenvalue weighted by molar-refractivity contribution is -0.425. The summed E-state index contributed by atoms with van der Waals surface area (Å²) >= 11 is 0. The van der Waals surface area contributed by atoms with Crippen molar-refractivity contribution >= 4 is 0 Å². The molecule has 4 saturated carbocycles. The Morgan fingerprint density at radius 1 is 0.482 bits per heavy atom. The summed E-state index contributed by atoms with van der Waals surface area (Å²) < 4.78 is 311. The lowest BCUT2D eigenvalue weighted by Gasteiger charge is -2.62. The topological polar surface area (TPSA) is 25.8 Å². The van der Waals surface area contributed by atoms with Gasteiger partial charge in [0.2, 0.25) is 0 Å². The van der Waals surface area contributed by atoms with Gasteiger partial charge in [0.05, 0.1) is 11.3 Å². The van der Waals surface area contributed by atoms with Crippen LogP contribution < -0.4 is 0 Å². The van der Waals surface area contributed by atoms with Gasteiger partial charge < -0.3 is 0 Å². The largest absolute Gasteiger partial charge is 0.460 e. The van der Waals surface area contributed by atoms with Gasteiger partial charge in [-0.2, -0.15) is 96.6 Å². The monoisotopic (exact) mass is 854 g/mol. The van der Waals surface area contributed by atoms with Crippen molar-refractivity contribution in [1.82, 2.24) is 9.97 Å². The maximum atomic E-state index is 16.0. The van der Waals surface area contributed by atoms with Crippen LogP contribution in [0.25, 0.3) is 0 Å². The van der Waals surface area contributed by atoms with E-state index in [1.807, 2.05) is 0 Å². The molecule has 0 spiro atoms. The molecule has 4 aliphatic carbocycles. The van der Waals surface area contributed by atoms with Crippen LogP contribution in [0, 0.1) is 25.7 Å². The Labute approximate surface area is 300 Å². The highest BCUT2D eigenvalue weighted by molar-refractivity contribution is 5.43. The number of aryl methyl sites for hydroxylation is 2. The third-order valence-corrected chi connectivity index (χ3v) is 10.9. The van der Waals surface area contributed by atoms with Crippen LogP contribution in [0.3, 0.4) is 0 Å². The van der Waals surface area contributed by atoms with Gasteiger partial charge in [0.15, 0.2) is 0 Å². The summed E-state index contributed by atoms with van der Waals surface area (Å²) in [5, 5.41) is 0. The van der Waals surface area contributed by atoms with Crippen molar-refractivity contribution < 1.29 is 96.6 Å². The number of nitrogens with zero attached hydrogens (tertiary/aromatic N) is 2. The summed E-state index contributed by atoms with van der Waals surface area (Å²) in [6.45, 7) is 3.12. The zero-order chi connectivity index (χ0) is 43.1. The molecule has 2 aromatic rings. The third kappa shape index (κ3) is 5.68. The van der Waals surface area contributed by atoms with E-state index in [4.69, 9.17) is 0 Å². The maximum absolute atomic E-state index is 16.0. The molecule has 2 aromatic heterocycles. The number of rotatable bonds is 10. The first-order valence-electron chi connectivity index (χ1n) is 15.9. The highest BCUT2D eigenvalue weighted by atomic mass is 19.4. The Morgan fingerprint density at radius 2 is 0.875 bits per heavy atom. The van der Waals surface area contributed by atoms with Crippen molar-refractivity contribution in [3.8, 4) is 0 Å². The maximum Gasteiger partial charge on any atom is 0.460 e. The molecule has 2 nitrogen and oxygen atoms in total. The number of alkyl halides is 22. The smallest absolute Gasteiger partial charge is 0.260 e. The minimum Gasteiger partial charge on any atom is -0.260 e. The summed E-state index contributed by atoms with van der Waals surface area (Å²) in [5.74, 6) is -64.6. The molecule has 2 unspecified atom stereocenters. The van der Waals surface area contributed by atoms with Gasteiger partial charge >= 0.3 is 59.7 Å². The first kappa shape index (κ1) is 43.9. The van der Waals surface area contributed by atoms with Crippen molar-refractivity contribution in [1.29, 1.82) is 0 Å². The summed E-state index contributed by atoms with van der Waals surface area (Å²) in [5.41, 5.74) is -10.6. The number of halogens is 22. The highest BCUT2D eigenvalue weighted by Crippen LogP contribution is 2.69. The first-order chi connectivity index (χ1) is 24.8. The Bertz CT molecular complexity index is 1850. The molecule has 6 rings (SSSR count). The van der Waals surface area contributed by atoms with Crippen LogP contribution in [0.2, 0.25) is 0 Å². The van der Waals surface area contributed by atoms with E-state index in [1.165, 1.54) is 13.1 Å². The fourth-order valence-electron chi connectivity index (χ4n) is 8.88. The predicted octanol–water partition coefficient (Wildman–Crippen LogP) is 12.0. The molecule has 0 N–H and O–H groups in total. The van der Waals surface area contributed by atoms with Gasteiger partial charge in [-0.1, -0.05) is 6.07 Å². The molecule has 2 heterocycles. The highest BCUT2D eigenvalue weighted by Gasteiger charge is 2.89. The van der Waals surface area contributed by atoms with Crippen molar-refractivity contribution in [2.45, 2.75) is 123 Å². The summed E-state index contributed by atoms with van der Waals surface area (Å²) in [6, 6.07) is 0.137. The van der Waals surface area contributed by atoms with Crippen molar-refractivity contribution in [3.05, 3.63) is 58.2 Å². The van der Waals surface area contributed by atoms with Crippen LogP contribution in [0.15, 0.2) is 24.5 Å². The van der Waals surface area contributed by atoms with Gasteiger partial charge in [-0.05, 0) is 81.4 Å². The molecule has 0 aromatic carbocycles. The molecule has 0 saturated heterocycles. The standard InChI is InChI=1S/C32H24F22N2/c1-13-3-14(2)19(55-10-13)21-6-15-4-16(7-21)9-22(8-15,12-21)20-18(24(35,36)26(39,40)28(43,44)30(47,48)32(52,53)54)5-17(11-56-20)23(33,34)25(37,38)27(41,42)29(45,46)31(49,50)51/h3,5,10-11,15-16H,4,6-9,12H2,1-2H3. The van der Waals surface area contributed by atoms with E-state index in [9.17, 15) is 70.2 Å². The molecule has 4 bridgehead atoms. The minimum absolute atomic E-state index is 0.144. The van der Waals surface area contributed by atoms with E-state index < -0.39 is 131 Å². The van der Waals surface area contributed by atoms with E-state index in [1.54, 1.807) is 13.0 Å². The van der Waals surface area contributed by atoms with Crippen LogP contribution in [0.5, 0.6) is 0 Å². The number of hydrogen-bond acceptors (Lipinski definition) is 2. The van der Waals surface area contributed by atoms with Crippen LogP contribution in [-0.2, 0) is 22.7 Å². The molecule has 0 radical (unpaired) electrons. The second-order valence-corrected chi connectivity index (χ2v) is 14.9.